The first-order valence-electron chi connectivity index (χ1n) is 9.83. The summed E-state index contributed by atoms with van der Waals surface area (Å²) in [4.78, 5) is 11.2. The third-order valence-corrected chi connectivity index (χ3v) is 5.02. The Balaban J connectivity index is 1.47. The zero-order chi connectivity index (χ0) is 20.9. The summed E-state index contributed by atoms with van der Waals surface area (Å²) in [5.41, 5.74) is 9.56. The van der Waals surface area contributed by atoms with E-state index in [-0.39, 0.29) is 6.79 Å². The van der Waals surface area contributed by atoms with E-state index in [1.165, 1.54) is 5.56 Å². The van der Waals surface area contributed by atoms with Gasteiger partial charge in [0, 0.05) is 12.1 Å². The molecule has 0 saturated carbocycles. The molecule has 1 atom stereocenters. The van der Waals surface area contributed by atoms with Crippen molar-refractivity contribution in [1.82, 2.24) is 5.32 Å². The second-order valence-corrected chi connectivity index (χ2v) is 7.15. The minimum absolute atomic E-state index is 0.136. The number of nitrogens with two attached hydrogens (primary N) is 1. The number of ether oxygens (including phenoxy) is 3. The Morgan fingerprint density at radius 1 is 1.03 bits per heavy atom. The molecule has 0 unspecified atom stereocenters. The first-order chi connectivity index (χ1) is 14.6. The van der Waals surface area contributed by atoms with Gasteiger partial charge in [-0.25, -0.2) is 0 Å². The molecule has 30 heavy (non-hydrogen) atoms. The van der Waals surface area contributed by atoms with Crippen LogP contribution in [0.25, 0.3) is 11.1 Å². The van der Waals surface area contributed by atoms with Crippen molar-refractivity contribution < 1.29 is 19.0 Å². The zero-order valence-electron chi connectivity index (χ0n) is 16.8. The van der Waals surface area contributed by atoms with Crippen LogP contribution in [0.3, 0.4) is 0 Å². The number of amides is 1. The normalized spacial score (nSPS) is 13.1. The molecule has 1 amide bonds. The first kappa shape index (κ1) is 19.8. The van der Waals surface area contributed by atoms with Crippen LogP contribution in [0, 0.1) is 0 Å². The van der Waals surface area contributed by atoms with E-state index in [9.17, 15) is 4.79 Å². The molecule has 0 radical (unpaired) electrons. The summed E-state index contributed by atoms with van der Waals surface area (Å²) in [6.45, 7) is 2.71. The molecule has 154 valence electrons. The minimum Gasteiger partial charge on any atom is -0.485 e. The molecule has 0 aliphatic carbocycles. The molecule has 6 nitrogen and oxygen atoms in total. The van der Waals surface area contributed by atoms with Crippen LogP contribution >= 0.6 is 0 Å². The monoisotopic (exact) mass is 404 g/mol. The molecule has 0 spiro atoms. The van der Waals surface area contributed by atoms with Crippen molar-refractivity contribution in [3.63, 3.8) is 0 Å². The Morgan fingerprint density at radius 2 is 1.80 bits per heavy atom. The molecule has 0 aromatic heterocycles. The molecular formula is C24H24N2O4. The molecule has 3 aromatic carbocycles. The molecule has 0 saturated heterocycles. The zero-order valence-corrected chi connectivity index (χ0v) is 16.8. The van der Waals surface area contributed by atoms with Crippen molar-refractivity contribution in [2.75, 3.05) is 6.79 Å². The van der Waals surface area contributed by atoms with Crippen LogP contribution in [0.2, 0.25) is 0 Å². The second kappa shape index (κ2) is 8.88. The van der Waals surface area contributed by atoms with Crippen molar-refractivity contribution in [3.8, 4) is 28.4 Å². The van der Waals surface area contributed by atoms with Crippen LogP contribution in [0.15, 0.2) is 66.7 Å². The van der Waals surface area contributed by atoms with Gasteiger partial charge in [0.1, 0.15) is 6.61 Å². The molecule has 1 aliphatic rings. The van der Waals surface area contributed by atoms with Crippen molar-refractivity contribution >= 4 is 5.91 Å². The summed E-state index contributed by atoms with van der Waals surface area (Å²) in [5.74, 6) is 1.44. The summed E-state index contributed by atoms with van der Waals surface area (Å²) >= 11 is 0. The predicted octanol–water partition coefficient (Wildman–Crippen LogP) is 3.62. The van der Waals surface area contributed by atoms with E-state index < -0.39 is 11.9 Å². The molecule has 3 aromatic rings. The van der Waals surface area contributed by atoms with Crippen LogP contribution in [0.1, 0.15) is 18.1 Å². The quantitative estimate of drug-likeness (QED) is 0.599. The van der Waals surface area contributed by atoms with Crippen LogP contribution < -0.4 is 25.3 Å². The maximum Gasteiger partial charge on any atom is 0.234 e. The molecule has 0 bridgehead atoms. The highest BCUT2D eigenvalue weighted by atomic mass is 16.7. The summed E-state index contributed by atoms with van der Waals surface area (Å²) in [7, 11) is 0. The van der Waals surface area contributed by atoms with E-state index in [4.69, 9.17) is 19.9 Å². The Morgan fingerprint density at radius 3 is 2.60 bits per heavy atom. The molecule has 3 N–H and O–H groups in total. The lowest BCUT2D eigenvalue weighted by Crippen LogP contribution is -2.38. The Bertz CT molecular complexity index is 1040. The van der Waals surface area contributed by atoms with Gasteiger partial charge in [-0.2, -0.15) is 0 Å². The molecular weight excluding hydrogens is 380 g/mol. The lowest BCUT2D eigenvalue weighted by Gasteiger charge is -2.14. The van der Waals surface area contributed by atoms with Gasteiger partial charge >= 0.3 is 0 Å². The van der Waals surface area contributed by atoms with E-state index in [1.807, 2.05) is 42.5 Å². The van der Waals surface area contributed by atoms with Crippen molar-refractivity contribution in [2.24, 2.45) is 5.73 Å². The summed E-state index contributed by atoms with van der Waals surface area (Å²) in [6, 6.07) is 21.8. The van der Waals surface area contributed by atoms with Crippen LogP contribution in [0.5, 0.6) is 17.2 Å². The summed E-state index contributed by atoms with van der Waals surface area (Å²) < 4.78 is 17.3. The number of primary amides is 1. The van der Waals surface area contributed by atoms with Gasteiger partial charge in [0.2, 0.25) is 18.4 Å². The van der Waals surface area contributed by atoms with E-state index in [0.29, 0.717) is 30.4 Å². The maximum absolute atomic E-state index is 11.2. The van der Waals surface area contributed by atoms with Gasteiger partial charge in [0.25, 0.3) is 0 Å². The Hall–Kier alpha value is -3.51. The largest absolute Gasteiger partial charge is 0.485 e. The summed E-state index contributed by atoms with van der Waals surface area (Å²) in [5, 5.41) is 3.08. The highest BCUT2D eigenvalue weighted by Crippen LogP contribution is 2.43. The molecule has 6 heteroatoms. The number of nitrogens with one attached hydrogen (secondary N) is 1. The minimum atomic E-state index is -0.434. The molecule has 1 heterocycles. The van der Waals surface area contributed by atoms with E-state index >= 15 is 0 Å². The number of benzene rings is 3. The lowest BCUT2D eigenvalue weighted by atomic mass is 10.0. The number of hydrogen-bond acceptors (Lipinski definition) is 5. The predicted molar refractivity (Wildman–Crippen MR) is 114 cm³/mol. The number of fused-ring (bicyclic) bond motifs is 1. The Kier molecular flexibility index (Phi) is 5.86. The van der Waals surface area contributed by atoms with Gasteiger partial charge in [-0.05, 0) is 35.7 Å². The molecule has 4 rings (SSSR count). The van der Waals surface area contributed by atoms with Gasteiger partial charge < -0.3 is 25.3 Å². The van der Waals surface area contributed by atoms with E-state index in [2.05, 4.69) is 29.6 Å². The van der Waals surface area contributed by atoms with Gasteiger partial charge in [-0.3, -0.25) is 4.79 Å². The SMILES string of the molecule is C[C@H](NCc1ccc(OCc2cccc(-c3ccccc3)c2)c2c1OCO2)C(N)=O. The average molecular weight is 404 g/mol. The van der Waals surface area contributed by atoms with Crippen LogP contribution in [-0.4, -0.2) is 18.7 Å². The average Bonchev–Trinajstić information content (AvgIpc) is 3.27. The standard InChI is InChI=1S/C24H24N2O4/c1-16(24(25)27)26-13-20-10-11-21(23-22(20)29-15-30-23)28-14-17-6-5-9-19(12-17)18-7-3-2-4-8-18/h2-12,16,26H,13-15H2,1H3,(H2,25,27)/t16-/m0/s1. The van der Waals surface area contributed by atoms with Gasteiger partial charge in [0.15, 0.2) is 11.5 Å². The fourth-order valence-corrected chi connectivity index (χ4v) is 3.28. The van der Waals surface area contributed by atoms with Crippen LogP contribution in [-0.2, 0) is 17.9 Å². The van der Waals surface area contributed by atoms with Crippen LogP contribution in [0.4, 0.5) is 0 Å². The number of carbonyl (C=O) groups excluding carboxylic acids is 1. The van der Waals surface area contributed by atoms with Crippen molar-refractivity contribution in [3.05, 3.63) is 77.9 Å². The highest BCUT2D eigenvalue weighted by Gasteiger charge is 2.23. The topological polar surface area (TPSA) is 82.8 Å². The fourth-order valence-electron chi connectivity index (χ4n) is 3.28. The molecule has 0 fully saturated rings. The highest BCUT2D eigenvalue weighted by molar-refractivity contribution is 5.79. The van der Waals surface area contributed by atoms with Gasteiger partial charge in [-0.1, -0.05) is 54.6 Å². The summed E-state index contributed by atoms with van der Waals surface area (Å²) in [6.07, 6.45) is 0. The smallest absolute Gasteiger partial charge is 0.234 e. The van der Waals surface area contributed by atoms with Crippen molar-refractivity contribution in [1.29, 1.82) is 0 Å². The first-order valence-corrected chi connectivity index (χ1v) is 9.83. The Labute approximate surface area is 175 Å². The lowest BCUT2D eigenvalue weighted by molar-refractivity contribution is -0.119. The third kappa shape index (κ3) is 4.39. The van der Waals surface area contributed by atoms with Gasteiger partial charge in [0.05, 0.1) is 6.04 Å². The van der Waals surface area contributed by atoms with E-state index in [1.54, 1.807) is 6.92 Å². The van der Waals surface area contributed by atoms with E-state index in [0.717, 1.165) is 16.7 Å². The second-order valence-electron chi connectivity index (χ2n) is 7.15. The number of carbonyl (C=O) groups is 1. The third-order valence-electron chi connectivity index (χ3n) is 5.02. The maximum atomic E-state index is 11.2. The van der Waals surface area contributed by atoms with Crippen molar-refractivity contribution in [2.45, 2.75) is 26.1 Å². The fraction of sp³-hybridized carbons (Fsp3) is 0.208. The number of rotatable bonds is 8. The number of hydrogen-bond donors (Lipinski definition) is 2. The molecule has 1 aliphatic heterocycles. The van der Waals surface area contributed by atoms with Gasteiger partial charge in [-0.15, -0.1) is 0 Å².